The maximum Gasteiger partial charge on any atom is 0.213 e. The van der Waals surface area contributed by atoms with Crippen LogP contribution in [-0.4, -0.2) is 17.8 Å². The van der Waals surface area contributed by atoms with Crippen molar-refractivity contribution in [1.29, 1.82) is 0 Å². The lowest BCUT2D eigenvalue weighted by atomic mass is 9.96. The summed E-state index contributed by atoms with van der Waals surface area (Å²) in [5.41, 5.74) is 3.87. The molecule has 0 amide bonds. The highest BCUT2D eigenvalue weighted by Crippen LogP contribution is 2.48. The predicted octanol–water partition coefficient (Wildman–Crippen LogP) is 6.60. The minimum atomic E-state index is -0.385. The van der Waals surface area contributed by atoms with Crippen molar-refractivity contribution in [2.75, 3.05) is 7.11 Å². The first kappa shape index (κ1) is 19.6. The third kappa shape index (κ3) is 3.40. The van der Waals surface area contributed by atoms with Crippen LogP contribution in [0.25, 0.3) is 0 Å². The van der Waals surface area contributed by atoms with Crippen LogP contribution in [0.3, 0.4) is 0 Å². The number of hydrazone groups is 1. The van der Waals surface area contributed by atoms with Gasteiger partial charge in [-0.15, -0.1) is 0 Å². The van der Waals surface area contributed by atoms with E-state index in [2.05, 4.69) is 37.9 Å². The maximum absolute atomic E-state index is 13.4. The van der Waals surface area contributed by atoms with Crippen LogP contribution in [0.1, 0.15) is 35.4 Å². The van der Waals surface area contributed by atoms with Crippen molar-refractivity contribution < 1.29 is 13.9 Å². The van der Waals surface area contributed by atoms with Crippen molar-refractivity contribution in [2.45, 2.75) is 18.7 Å². The summed E-state index contributed by atoms with van der Waals surface area (Å²) in [5, 5.41) is 6.91. The van der Waals surface area contributed by atoms with E-state index >= 15 is 0 Å². The van der Waals surface area contributed by atoms with Crippen molar-refractivity contribution in [2.24, 2.45) is 5.10 Å². The highest BCUT2D eigenvalue weighted by Gasteiger charge is 2.41. The molecule has 2 unspecified atom stereocenters. The Bertz CT molecular complexity index is 1150. The third-order valence-electron chi connectivity index (χ3n) is 5.39. The number of benzene rings is 3. The predicted molar refractivity (Wildman–Crippen MR) is 120 cm³/mol. The van der Waals surface area contributed by atoms with E-state index in [1.807, 2.05) is 35.3 Å². The second kappa shape index (κ2) is 7.71. The molecule has 5 rings (SSSR count). The molecule has 0 saturated heterocycles. The Morgan fingerprint density at radius 2 is 1.87 bits per heavy atom. The van der Waals surface area contributed by atoms with E-state index in [-0.39, 0.29) is 18.1 Å². The molecule has 4 nitrogen and oxygen atoms in total. The molecule has 3 aromatic rings. The number of halogens is 3. The molecule has 7 heteroatoms. The molecule has 0 bridgehead atoms. The Morgan fingerprint density at radius 3 is 2.60 bits per heavy atom. The van der Waals surface area contributed by atoms with Crippen molar-refractivity contribution in [3.63, 3.8) is 0 Å². The lowest BCUT2D eigenvalue weighted by Crippen LogP contribution is -2.33. The highest BCUT2D eigenvalue weighted by atomic mass is 79.9. The second-order valence-corrected chi connectivity index (χ2v) is 8.97. The average molecular weight is 532 g/mol. The summed E-state index contributed by atoms with van der Waals surface area (Å²) in [5.74, 6) is 1.34. The minimum absolute atomic E-state index is 0.0252. The fourth-order valence-electron chi connectivity index (χ4n) is 3.93. The molecule has 2 atom stereocenters. The van der Waals surface area contributed by atoms with Gasteiger partial charge in [-0.05, 0) is 70.0 Å². The van der Waals surface area contributed by atoms with Gasteiger partial charge in [0.1, 0.15) is 17.3 Å². The molecule has 0 N–H and O–H groups in total. The Hall–Kier alpha value is -2.38. The SMILES string of the molecule is COc1ccc(C2Oc3ccc(Br)cc3C3CC(c4ccc(F)cc4)=NN32)cc1Br. The standard InChI is InChI=1S/C23H17Br2FN2O2/c1-29-22-8-4-14(10-18(22)25)23-28-20(17-11-15(24)5-9-21(17)30-23)12-19(27-28)13-2-6-16(26)7-3-13/h2-11,20,23H,12H2,1H3. The number of hydrogen-bond acceptors (Lipinski definition) is 4. The van der Waals surface area contributed by atoms with Crippen LogP contribution in [0.15, 0.2) is 74.7 Å². The van der Waals surface area contributed by atoms with E-state index in [0.717, 1.165) is 42.8 Å². The molecule has 2 aliphatic rings. The molecular formula is C23H17Br2FN2O2. The fraction of sp³-hybridized carbons (Fsp3) is 0.174. The Morgan fingerprint density at radius 1 is 1.07 bits per heavy atom. The smallest absolute Gasteiger partial charge is 0.213 e. The van der Waals surface area contributed by atoms with Gasteiger partial charge in [0.2, 0.25) is 6.23 Å². The van der Waals surface area contributed by atoms with Crippen LogP contribution in [-0.2, 0) is 0 Å². The monoisotopic (exact) mass is 530 g/mol. The molecule has 30 heavy (non-hydrogen) atoms. The molecule has 0 aliphatic carbocycles. The van der Waals surface area contributed by atoms with E-state index in [1.54, 1.807) is 19.2 Å². The molecule has 0 aromatic heterocycles. The average Bonchev–Trinajstić information content (AvgIpc) is 3.19. The summed E-state index contributed by atoms with van der Waals surface area (Å²) >= 11 is 7.13. The molecule has 0 radical (unpaired) electrons. The number of nitrogens with zero attached hydrogens (tertiary/aromatic N) is 2. The number of rotatable bonds is 3. The first-order valence-electron chi connectivity index (χ1n) is 9.45. The lowest BCUT2D eigenvalue weighted by molar-refractivity contribution is -0.0191. The summed E-state index contributed by atoms with van der Waals surface area (Å²) in [6, 6.07) is 18.4. The van der Waals surface area contributed by atoms with Gasteiger partial charge in [0.15, 0.2) is 0 Å². The zero-order valence-corrected chi connectivity index (χ0v) is 19.2. The van der Waals surface area contributed by atoms with Crippen LogP contribution in [0.4, 0.5) is 4.39 Å². The molecule has 0 fully saturated rings. The molecule has 2 heterocycles. The fourth-order valence-corrected chi connectivity index (χ4v) is 4.87. The molecule has 0 spiro atoms. The summed E-state index contributed by atoms with van der Waals surface area (Å²) in [6.45, 7) is 0. The quantitative estimate of drug-likeness (QED) is 0.381. The summed E-state index contributed by atoms with van der Waals surface area (Å²) in [4.78, 5) is 0. The number of methoxy groups -OCH3 is 1. The number of hydrogen-bond donors (Lipinski definition) is 0. The van der Waals surface area contributed by atoms with Gasteiger partial charge >= 0.3 is 0 Å². The van der Waals surface area contributed by atoms with Gasteiger partial charge < -0.3 is 9.47 Å². The second-order valence-electron chi connectivity index (χ2n) is 7.20. The maximum atomic E-state index is 13.4. The topological polar surface area (TPSA) is 34.1 Å². The largest absolute Gasteiger partial charge is 0.496 e. The Labute approximate surface area is 190 Å². The zero-order valence-electron chi connectivity index (χ0n) is 16.0. The van der Waals surface area contributed by atoms with Gasteiger partial charge in [-0.25, -0.2) is 9.40 Å². The Kier molecular flexibility index (Phi) is 5.03. The van der Waals surface area contributed by atoms with Crippen molar-refractivity contribution in [3.05, 3.63) is 92.1 Å². The van der Waals surface area contributed by atoms with Crippen LogP contribution in [0.2, 0.25) is 0 Å². The van der Waals surface area contributed by atoms with Crippen LogP contribution >= 0.6 is 31.9 Å². The van der Waals surface area contributed by atoms with Crippen molar-refractivity contribution >= 4 is 37.6 Å². The van der Waals surface area contributed by atoms with Crippen LogP contribution in [0.5, 0.6) is 11.5 Å². The van der Waals surface area contributed by atoms with E-state index in [4.69, 9.17) is 14.6 Å². The minimum Gasteiger partial charge on any atom is -0.496 e. The number of fused-ring (bicyclic) bond motifs is 3. The first-order chi connectivity index (χ1) is 14.5. The molecular weight excluding hydrogens is 515 g/mol. The molecule has 152 valence electrons. The summed E-state index contributed by atoms with van der Waals surface area (Å²) in [6.07, 6.45) is 0.329. The van der Waals surface area contributed by atoms with Crippen LogP contribution < -0.4 is 9.47 Å². The number of ether oxygens (including phenoxy) is 2. The highest BCUT2D eigenvalue weighted by molar-refractivity contribution is 9.10. The molecule has 3 aromatic carbocycles. The van der Waals surface area contributed by atoms with Crippen molar-refractivity contribution in [3.8, 4) is 11.5 Å². The van der Waals surface area contributed by atoms with E-state index < -0.39 is 0 Å². The van der Waals surface area contributed by atoms with Gasteiger partial charge in [0.05, 0.1) is 23.3 Å². The van der Waals surface area contributed by atoms with Gasteiger partial charge in [-0.1, -0.05) is 28.1 Å². The van der Waals surface area contributed by atoms with E-state index in [1.165, 1.54) is 12.1 Å². The Balaban J connectivity index is 1.59. The molecule has 0 saturated carbocycles. The normalized spacial score (nSPS) is 19.6. The lowest BCUT2D eigenvalue weighted by Gasteiger charge is -2.38. The van der Waals surface area contributed by atoms with Gasteiger partial charge in [0.25, 0.3) is 0 Å². The van der Waals surface area contributed by atoms with Gasteiger partial charge in [0, 0.05) is 22.0 Å². The van der Waals surface area contributed by atoms with Gasteiger partial charge in [-0.2, -0.15) is 5.10 Å². The third-order valence-corrected chi connectivity index (χ3v) is 6.50. The zero-order chi connectivity index (χ0) is 20.8. The first-order valence-corrected chi connectivity index (χ1v) is 11.0. The van der Waals surface area contributed by atoms with Crippen molar-refractivity contribution in [1.82, 2.24) is 5.01 Å². The summed E-state index contributed by atoms with van der Waals surface area (Å²) in [7, 11) is 1.64. The van der Waals surface area contributed by atoms with Crippen LogP contribution in [0, 0.1) is 5.82 Å². The van der Waals surface area contributed by atoms with E-state index in [0.29, 0.717) is 6.42 Å². The van der Waals surface area contributed by atoms with E-state index in [9.17, 15) is 4.39 Å². The molecule has 2 aliphatic heterocycles. The summed E-state index contributed by atoms with van der Waals surface area (Å²) < 4.78 is 27.0. The van der Waals surface area contributed by atoms with Gasteiger partial charge in [-0.3, -0.25) is 0 Å².